The van der Waals surface area contributed by atoms with Gasteiger partial charge in [-0.3, -0.25) is 0 Å². The molecule has 1 atom stereocenters. The number of hydrogen-bond acceptors (Lipinski definition) is 6. The van der Waals surface area contributed by atoms with Crippen LogP contribution in [0.3, 0.4) is 0 Å². The molecule has 4 rings (SSSR count). The summed E-state index contributed by atoms with van der Waals surface area (Å²) in [7, 11) is 0. The summed E-state index contributed by atoms with van der Waals surface area (Å²) in [6.07, 6.45) is 2.71. The number of benzene rings is 2. The average Bonchev–Trinajstić information content (AvgIpc) is 2.99. The van der Waals surface area contributed by atoms with Gasteiger partial charge in [-0.15, -0.1) is 5.10 Å². The maximum Gasteiger partial charge on any atom is 0.249 e. The number of ether oxygens (including phenoxy) is 1. The van der Waals surface area contributed by atoms with Gasteiger partial charge in [-0.25, -0.2) is 0 Å². The monoisotopic (exact) mass is 347 g/mol. The first kappa shape index (κ1) is 16.3. The molecular formula is C20H21N5O. The standard InChI is InChI=1S/C20H21N5O/c1-3-26-17-10-8-16(9-11-17)22-20-23-19(13-21-24-20)25-14(2)12-15-6-4-5-7-18(15)25/h4-11,13-14H,3,12H2,1-2H3,(H,22,23,24). The van der Waals surface area contributed by atoms with Crippen molar-refractivity contribution in [2.24, 2.45) is 0 Å². The third-order valence-electron chi connectivity index (χ3n) is 4.42. The van der Waals surface area contributed by atoms with Crippen molar-refractivity contribution in [3.63, 3.8) is 0 Å². The smallest absolute Gasteiger partial charge is 0.249 e. The van der Waals surface area contributed by atoms with Crippen LogP contribution in [0.4, 0.5) is 23.1 Å². The molecule has 0 saturated heterocycles. The predicted octanol–water partition coefficient (Wildman–Crippen LogP) is 4.10. The van der Waals surface area contributed by atoms with E-state index in [-0.39, 0.29) is 0 Å². The molecule has 1 aromatic heterocycles. The Morgan fingerprint density at radius 1 is 1.15 bits per heavy atom. The molecule has 0 fully saturated rings. The van der Waals surface area contributed by atoms with Crippen LogP contribution in [0.1, 0.15) is 19.4 Å². The van der Waals surface area contributed by atoms with E-state index in [4.69, 9.17) is 4.74 Å². The van der Waals surface area contributed by atoms with Gasteiger partial charge < -0.3 is 15.0 Å². The molecule has 6 heteroatoms. The number of fused-ring (bicyclic) bond motifs is 1. The molecule has 0 spiro atoms. The molecule has 132 valence electrons. The van der Waals surface area contributed by atoms with Crippen molar-refractivity contribution < 1.29 is 4.74 Å². The number of anilines is 4. The van der Waals surface area contributed by atoms with Gasteiger partial charge in [0.2, 0.25) is 5.95 Å². The van der Waals surface area contributed by atoms with E-state index in [0.717, 1.165) is 23.7 Å². The van der Waals surface area contributed by atoms with E-state index in [0.29, 0.717) is 18.6 Å². The Hall–Kier alpha value is -3.15. The number of para-hydroxylation sites is 1. The van der Waals surface area contributed by atoms with Crippen LogP contribution in [0, 0.1) is 0 Å². The van der Waals surface area contributed by atoms with Crippen molar-refractivity contribution in [1.29, 1.82) is 0 Å². The molecule has 0 amide bonds. The van der Waals surface area contributed by atoms with Gasteiger partial charge in [-0.05, 0) is 56.2 Å². The van der Waals surface area contributed by atoms with E-state index in [1.807, 2.05) is 31.2 Å². The minimum Gasteiger partial charge on any atom is -0.494 e. The first-order chi connectivity index (χ1) is 12.7. The third kappa shape index (κ3) is 3.18. The van der Waals surface area contributed by atoms with Gasteiger partial charge in [0.15, 0.2) is 5.82 Å². The lowest BCUT2D eigenvalue weighted by atomic mass is 10.1. The Morgan fingerprint density at radius 2 is 1.96 bits per heavy atom. The van der Waals surface area contributed by atoms with E-state index in [9.17, 15) is 0 Å². The topological polar surface area (TPSA) is 63.2 Å². The quantitative estimate of drug-likeness (QED) is 0.750. The molecular weight excluding hydrogens is 326 g/mol. The van der Waals surface area contributed by atoms with E-state index in [2.05, 4.69) is 56.6 Å². The zero-order chi connectivity index (χ0) is 17.9. The van der Waals surface area contributed by atoms with Crippen LogP contribution in [-0.4, -0.2) is 27.8 Å². The molecule has 1 unspecified atom stereocenters. The molecule has 1 aliphatic heterocycles. The second-order valence-electron chi connectivity index (χ2n) is 6.27. The molecule has 2 heterocycles. The van der Waals surface area contributed by atoms with Crippen LogP contribution in [-0.2, 0) is 6.42 Å². The van der Waals surface area contributed by atoms with Crippen LogP contribution in [0.2, 0.25) is 0 Å². The maximum absolute atomic E-state index is 5.46. The lowest BCUT2D eigenvalue weighted by Gasteiger charge is -2.23. The van der Waals surface area contributed by atoms with Crippen molar-refractivity contribution in [2.75, 3.05) is 16.8 Å². The fraction of sp³-hybridized carbons (Fsp3) is 0.250. The second-order valence-corrected chi connectivity index (χ2v) is 6.27. The highest BCUT2D eigenvalue weighted by Crippen LogP contribution is 2.37. The second kappa shape index (κ2) is 7.00. The van der Waals surface area contributed by atoms with Crippen LogP contribution < -0.4 is 15.0 Å². The Bertz CT molecular complexity index is 897. The van der Waals surface area contributed by atoms with E-state index < -0.39 is 0 Å². The average molecular weight is 347 g/mol. The van der Waals surface area contributed by atoms with Gasteiger partial charge in [-0.1, -0.05) is 18.2 Å². The Balaban J connectivity index is 1.57. The molecule has 26 heavy (non-hydrogen) atoms. The first-order valence-corrected chi connectivity index (χ1v) is 8.81. The molecule has 6 nitrogen and oxygen atoms in total. The van der Waals surface area contributed by atoms with Gasteiger partial charge in [0, 0.05) is 17.4 Å². The van der Waals surface area contributed by atoms with E-state index in [1.165, 1.54) is 11.3 Å². The maximum atomic E-state index is 5.46. The highest BCUT2D eigenvalue weighted by molar-refractivity contribution is 5.69. The fourth-order valence-corrected chi connectivity index (χ4v) is 3.31. The predicted molar refractivity (Wildman–Crippen MR) is 102 cm³/mol. The van der Waals surface area contributed by atoms with Gasteiger partial charge >= 0.3 is 0 Å². The van der Waals surface area contributed by atoms with Gasteiger partial charge in [0.1, 0.15) is 5.75 Å². The summed E-state index contributed by atoms with van der Waals surface area (Å²) in [4.78, 5) is 6.88. The summed E-state index contributed by atoms with van der Waals surface area (Å²) in [6.45, 7) is 4.81. The van der Waals surface area contributed by atoms with Crippen molar-refractivity contribution >= 4 is 23.1 Å². The van der Waals surface area contributed by atoms with Gasteiger partial charge in [0.05, 0.1) is 12.8 Å². The van der Waals surface area contributed by atoms with Crippen LogP contribution in [0.15, 0.2) is 54.7 Å². The number of nitrogens with one attached hydrogen (secondary N) is 1. The van der Waals surface area contributed by atoms with Crippen LogP contribution in [0.25, 0.3) is 0 Å². The molecule has 3 aromatic rings. The third-order valence-corrected chi connectivity index (χ3v) is 4.42. The molecule has 0 saturated carbocycles. The lowest BCUT2D eigenvalue weighted by Crippen LogP contribution is -2.25. The number of aromatic nitrogens is 3. The number of rotatable bonds is 5. The Morgan fingerprint density at radius 3 is 2.77 bits per heavy atom. The molecule has 0 radical (unpaired) electrons. The molecule has 0 bridgehead atoms. The highest BCUT2D eigenvalue weighted by atomic mass is 16.5. The highest BCUT2D eigenvalue weighted by Gasteiger charge is 2.28. The Kier molecular flexibility index (Phi) is 4.39. The number of hydrogen-bond donors (Lipinski definition) is 1. The summed E-state index contributed by atoms with van der Waals surface area (Å²) >= 11 is 0. The SMILES string of the molecule is CCOc1ccc(Nc2nncc(N3c4ccccc4CC3C)n2)cc1. The summed E-state index contributed by atoms with van der Waals surface area (Å²) in [5.41, 5.74) is 3.41. The van der Waals surface area contributed by atoms with Crippen LogP contribution in [0.5, 0.6) is 5.75 Å². The molecule has 1 aliphatic rings. The van der Waals surface area contributed by atoms with Gasteiger partial charge in [0.25, 0.3) is 0 Å². The lowest BCUT2D eigenvalue weighted by molar-refractivity contribution is 0.340. The summed E-state index contributed by atoms with van der Waals surface area (Å²) in [5, 5.41) is 11.5. The molecule has 1 N–H and O–H groups in total. The number of nitrogens with zero attached hydrogens (tertiary/aromatic N) is 4. The van der Waals surface area contributed by atoms with E-state index in [1.54, 1.807) is 6.20 Å². The van der Waals surface area contributed by atoms with Crippen molar-refractivity contribution in [1.82, 2.24) is 15.2 Å². The van der Waals surface area contributed by atoms with Crippen molar-refractivity contribution in [2.45, 2.75) is 26.3 Å². The minimum absolute atomic E-state index is 0.336. The molecule has 0 aliphatic carbocycles. The van der Waals surface area contributed by atoms with Crippen molar-refractivity contribution in [3.8, 4) is 5.75 Å². The Labute approximate surface area is 152 Å². The molecule has 2 aromatic carbocycles. The summed E-state index contributed by atoms with van der Waals surface area (Å²) in [5.74, 6) is 2.11. The largest absolute Gasteiger partial charge is 0.494 e. The van der Waals surface area contributed by atoms with E-state index >= 15 is 0 Å². The fourth-order valence-electron chi connectivity index (χ4n) is 3.31. The first-order valence-electron chi connectivity index (χ1n) is 8.81. The van der Waals surface area contributed by atoms with Crippen molar-refractivity contribution in [3.05, 3.63) is 60.3 Å². The normalized spacial score (nSPS) is 15.6. The summed E-state index contributed by atoms with van der Waals surface area (Å²) in [6, 6.07) is 16.5. The minimum atomic E-state index is 0.336. The summed E-state index contributed by atoms with van der Waals surface area (Å²) < 4.78 is 5.46. The zero-order valence-electron chi connectivity index (χ0n) is 14.9. The van der Waals surface area contributed by atoms with Crippen LogP contribution >= 0.6 is 0 Å². The zero-order valence-corrected chi connectivity index (χ0v) is 14.9. The van der Waals surface area contributed by atoms with Gasteiger partial charge in [-0.2, -0.15) is 10.1 Å².